The van der Waals surface area contributed by atoms with Gasteiger partial charge in [0.1, 0.15) is 0 Å². The second kappa shape index (κ2) is 5.01. The normalized spacial score (nSPS) is 10.3. The van der Waals surface area contributed by atoms with E-state index in [2.05, 4.69) is 38.2 Å². The van der Waals surface area contributed by atoms with E-state index in [1.807, 2.05) is 0 Å². The lowest BCUT2D eigenvalue weighted by molar-refractivity contribution is 0.211. The number of aryl methyl sites for hydroxylation is 3. The Bertz CT molecular complexity index is 307. The summed E-state index contributed by atoms with van der Waals surface area (Å²) < 4.78 is 4.99. The molecule has 0 spiro atoms. The van der Waals surface area contributed by atoms with Crippen molar-refractivity contribution in [3.05, 3.63) is 28.8 Å². The minimum Gasteiger partial charge on any atom is -0.383 e. The highest BCUT2D eigenvalue weighted by atomic mass is 16.5. The molecule has 0 aliphatic rings. The molecule has 0 heterocycles. The molecule has 0 fully saturated rings. The molecule has 0 aliphatic carbocycles. The van der Waals surface area contributed by atoms with E-state index < -0.39 is 0 Å². The number of ether oxygens (including phenoxy) is 1. The van der Waals surface area contributed by atoms with Gasteiger partial charge in [-0.1, -0.05) is 6.07 Å². The molecular weight excluding hydrogens is 174 g/mol. The fraction of sp³-hybridized carbons (Fsp3) is 0.500. The molecule has 0 bridgehead atoms. The van der Waals surface area contributed by atoms with Gasteiger partial charge in [-0.3, -0.25) is 0 Å². The largest absolute Gasteiger partial charge is 0.383 e. The maximum Gasteiger partial charge on any atom is 0.0635 e. The van der Waals surface area contributed by atoms with Crippen LogP contribution in [0.3, 0.4) is 0 Å². The quantitative estimate of drug-likeness (QED) is 0.742. The number of anilines is 1. The van der Waals surface area contributed by atoms with Crippen LogP contribution in [0.15, 0.2) is 12.1 Å². The number of hydrogen-bond donors (Lipinski definition) is 1. The van der Waals surface area contributed by atoms with E-state index in [0.717, 1.165) is 13.2 Å². The molecule has 0 amide bonds. The zero-order valence-electron chi connectivity index (χ0n) is 9.48. The van der Waals surface area contributed by atoms with Crippen LogP contribution in [0.4, 0.5) is 5.69 Å². The first-order chi connectivity index (χ1) is 6.65. The van der Waals surface area contributed by atoms with Crippen molar-refractivity contribution in [2.24, 2.45) is 0 Å². The highest BCUT2D eigenvalue weighted by molar-refractivity contribution is 5.54. The third kappa shape index (κ3) is 2.74. The van der Waals surface area contributed by atoms with E-state index in [0.29, 0.717) is 0 Å². The molecule has 1 rings (SSSR count). The van der Waals surface area contributed by atoms with Crippen LogP contribution in [0.2, 0.25) is 0 Å². The van der Waals surface area contributed by atoms with Gasteiger partial charge in [0.05, 0.1) is 6.61 Å². The van der Waals surface area contributed by atoms with Crippen molar-refractivity contribution in [1.29, 1.82) is 0 Å². The molecule has 0 atom stereocenters. The summed E-state index contributed by atoms with van der Waals surface area (Å²) in [5.74, 6) is 0. The fourth-order valence-electron chi connectivity index (χ4n) is 1.44. The Morgan fingerprint density at radius 2 is 1.71 bits per heavy atom. The third-order valence-corrected chi connectivity index (χ3v) is 2.46. The average molecular weight is 193 g/mol. The molecule has 78 valence electrons. The van der Waals surface area contributed by atoms with Crippen LogP contribution in [0.25, 0.3) is 0 Å². The number of hydrogen-bond acceptors (Lipinski definition) is 2. The summed E-state index contributed by atoms with van der Waals surface area (Å²) in [5.41, 5.74) is 5.18. The first-order valence-electron chi connectivity index (χ1n) is 4.96. The van der Waals surface area contributed by atoms with Gasteiger partial charge in [0.2, 0.25) is 0 Å². The Hall–Kier alpha value is -1.02. The molecule has 0 saturated heterocycles. The highest BCUT2D eigenvalue weighted by Gasteiger charge is 2.00. The number of benzene rings is 1. The van der Waals surface area contributed by atoms with E-state index in [9.17, 15) is 0 Å². The lowest BCUT2D eigenvalue weighted by atomic mass is 10.1. The first-order valence-corrected chi connectivity index (χ1v) is 4.96. The summed E-state index contributed by atoms with van der Waals surface area (Å²) in [6.07, 6.45) is 0. The lowest BCUT2D eigenvalue weighted by Gasteiger charge is -2.11. The zero-order chi connectivity index (χ0) is 10.6. The molecule has 0 aliphatic heterocycles. The molecule has 0 aromatic heterocycles. The number of rotatable bonds is 4. The van der Waals surface area contributed by atoms with Gasteiger partial charge < -0.3 is 10.1 Å². The standard InChI is InChI=1S/C12H19NO/c1-9-7-11(3)12(8-10(9)2)13-5-6-14-4/h7-8,13H,5-6H2,1-4H3. The van der Waals surface area contributed by atoms with Crippen molar-refractivity contribution in [3.63, 3.8) is 0 Å². The topological polar surface area (TPSA) is 21.3 Å². The summed E-state index contributed by atoms with van der Waals surface area (Å²) in [6, 6.07) is 4.41. The second-order valence-electron chi connectivity index (χ2n) is 3.67. The first kappa shape index (κ1) is 11.1. The number of methoxy groups -OCH3 is 1. The predicted octanol–water partition coefficient (Wildman–Crippen LogP) is 2.67. The number of nitrogens with one attached hydrogen (secondary N) is 1. The maximum atomic E-state index is 4.99. The SMILES string of the molecule is COCCNc1cc(C)c(C)cc1C. The van der Waals surface area contributed by atoms with Gasteiger partial charge in [-0.15, -0.1) is 0 Å². The molecule has 1 N–H and O–H groups in total. The molecule has 1 aromatic rings. The Morgan fingerprint density at radius 1 is 1.07 bits per heavy atom. The lowest BCUT2D eigenvalue weighted by Crippen LogP contribution is -2.08. The Balaban J connectivity index is 2.72. The molecule has 2 nitrogen and oxygen atoms in total. The van der Waals surface area contributed by atoms with Crippen molar-refractivity contribution in [2.45, 2.75) is 20.8 Å². The minimum absolute atomic E-state index is 0.742. The zero-order valence-corrected chi connectivity index (χ0v) is 9.48. The summed E-state index contributed by atoms with van der Waals surface area (Å²) in [6.45, 7) is 8.01. The Labute approximate surface area is 86.3 Å². The molecule has 1 aromatic carbocycles. The van der Waals surface area contributed by atoms with Crippen molar-refractivity contribution < 1.29 is 4.74 Å². The maximum absolute atomic E-state index is 4.99. The van der Waals surface area contributed by atoms with Crippen molar-refractivity contribution in [2.75, 3.05) is 25.6 Å². The van der Waals surface area contributed by atoms with Crippen LogP contribution in [0.5, 0.6) is 0 Å². The van der Waals surface area contributed by atoms with E-state index in [4.69, 9.17) is 4.74 Å². The van der Waals surface area contributed by atoms with E-state index >= 15 is 0 Å². The van der Waals surface area contributed by atoms with Crippen LogP contribution >= 0.6 is 0 Å². The second-order valence-corrected chi connectivity index (χ2v) is 3.67. The van der Waals surface area contributed by atoms with Crippen LogP contribution in [0.1, 0.15) is 16.7 Å². The van der Waals surface area contributed by atoms with E-state index in [-0.39, 0.29) is 0 Å². The predicted molar refractivity (Wildman–Crippen MR) is 61.0 cm³/mol. The molecule has 0 radical (unpaired) electrons. The third-order valence-electron chi connectivity index (χ3n) is 2.46. The monoisotopic (exact) mass is 193 g/mol. The molecular formula is C12H19NO. The summed E-state index contributed by atoms with van der Waals surface area (Å²) >= 11 is 0. The van der Waals surface area contributed by atoms with Crippen LogP contribution in [-0.4, -0.2) is 20.3 Å². The van der Waals surface area contributed by atoms with Gasteiger partial charge in [-0.25, -0.2) is 0 Å². The van der Waals surface area contributed by atoms with Crippen LogP contribution in [-0.2, 0) is 4.74 Å². The Morgan fingerprint density at radius 3 is 2.36 bits per heavy atom. The smallest absolute Gasteiger partial charge is 0.0635 e. The van der Waals surface area contributed by atoms with Crippen molar-refractivity contribution in [3.8, 4) is 0 Å². The minimum atomic E-state index is 0.742. The van der Waals surface area contributed by atoms with Crippen molar-refractivity contribution >= 4 is 5.69 Å². The van der Waals surface area contributed by atoms with Crippen LogP contribution < -0.4 is 5.32 Å². The van der Waals surface area contributed by atoms with Crippen molar-refractivity contribution in [1.82, 2.24) is 0 Å². The van der Waals surface area contributed by atoms with Gasteiger partial charge in [-0.05, 0) is 43.5 Å². The van der Waals surface area contributed by atoms with Gasteiger partial charge >= 0.3 is 0 Å². The summed E-state index contributed by atoms with van der Waals surface area (Å²) in [7, 11) is 1.72. The molecule has 0 unspecified atom stereocenters. The van der Waals surface area contributed by atoms with E-state index in [1.54, 1.807) is 7.11 Å². The Kier molecular flexibility index (Phi) is 3.96. The van der Waals surface area contributed by atoms with Crippen LogP contribution in [0, 0.1) is 20.8 Å². The van der Waals surface area contributed by atoms with Gasteiger partial charge in [0.25, 0.3) is 0 Å². The van der Waals surface area contributed by atoms with Gasteiger partial charge in [-0.2, -0.15) is 0 Å². The summed E-state index contributed by atoms with van der Waals surface area (Å²) in [4.78, 5) is 0. The molecule has 2 heteroatoms. The van der Waals surface area contributed by atoms with E-state index in [1.165, 1.54) is 22.4 Å². The van der Waals surface area contributed by atoms with Gasteiger partial charge in [0.15, 0.2) is 0 Å². The average Bonchev–Trinajstić information content (AvgIpc) is 2.14. The highest BCUT2D eigenvalue weighted by Crippen LogP contribution is 2.19. The van der Waals surface area contributed by atoms with Gasteiger partial charge in [0, 0.05) is 19.3 Å². The molecule has 0 saturated carbocycles. The summed E-state index contributed by atoms with van der Waals surface area (Å²) in [5, 5.41) is 3.36. The fourth-order valence-corrected chi connectivity index (χ4v) is 1.44. The molecule has 14 heavy (non-hydrogen) atoms.